The van der Waals surface area contributed by atoms with Crippen LogP contribution in [0.5, 0.6) is 0 Å². The van der Waals surface area contributed by atoms with Gasteiger partial charge in [-0.15, -0.1) is 24.0 Å². The molecule has 0 aliphatic heterocycles. The minimum atomic E-state index is 0. The van der Waals surface area contributed by atoms with Crippen LogP contribution in [0, 0.1) is 23.7 Å². The predicted octanol–water partition coefficient (Wildman–Crippen LogP) is 6.16. The number of hydrogen-bond acceptors (Lipinski definition) is 2. The molecule has 4 bridgehead atoms. The minimum Gasteiger partial charge on any atom is -0.393 e. The number of ether oxygens (including phenoxy) is 1. The second kappa shape index (κ2) is 11.7. The van der Waals surface area contributed by atoms with Gasteiger partial charge in [-0.1, -0.05) is 25.7 Å². The van der Waals surface area contributed by atoms with Crippen molar-refractivity contribution in [3.8, 4) is 0 Å². The van der Waals surface area contributed by atoms with E-state index in [1.54, 1.807) is 0 Å². The third-order valence-corrected chi connectivity index (χ3v) is 6.04. The third-order valence-electron chi connectivity index (χ3n) is 6.04. The maximum Gasteiger partial charge on any atom is 0.0576 e. The highest BCUT2D eigenvalue weighted by Crippen LogP contribution is 2.43. The van der Waals surface area contributed by atoms with Crippen molar-refractivity contribution in [3.63, 3.8) is 0 Å². The van der Waals surface area contributed by atoms with Gasteiger partial charge in [-0.25, -0.2) is 0 Å². The number of hydrogen-bond donors (Lipinski definition) is 1. The molecule has 0 saturated heterocycles. The lowest BCUT2D eigenvalue weighted by atomic mass is 9.87. The highest BCUT2D eigenvalue weighted by molar-refractivity contribution is 15.0. The number of rotatable bonds is 1. The van der Waals surface area contributed by atoms with Crippen molar-refractivity contribution in [1.29, 1.82) is 0 Å². The lowest BCUT2D eigenvalue weighted by molar-refractivity contribution is 0.0469. The summed E-state index contributed by atoms with van der Waals surface area (Å²) in [6.07, 6.45) is 14.2. The summed E-state index contributed by atoms with van der Waals surface area (Å²) in [5, 5.41) is 9.29. The molecule has 6 atom stereocenters. The van der Waals surface area contributed by atoms with E-state index in [0.29, 0.717) is 6.10 Å². The molecule has 0 amide bonds. The van der Waals surface area contributed by atoms with Crippen molar-refractivity contribution in [1.82, 2.24) is 0 Å². The van der Waals surface area contributed by atoms with Gasteiger partial charge in [0.2, 0.25) is 0 Å². The van der Waals surface area contributed by atoms with Gasteiger partial charge in [0.05, 0.1) is 12.2 Å². The fraction of sp³-hybridized carbons (Fsp3) is 1.00. The van der Waals surface area contributed by atoms with Gasteiger partial charge < -0.3 is 9.84 Å². The number of methoxy groups -OCH3 is 1. The SMILES string of the molecule is COC1C[C@H]2CC[C@@H](C1)C2.I.II.OC1C[C@H]2CC[C@@H](C1)C2. The Morgan fingerprint density at radius 3 is 1.45 bits per heavy atom. The maximum atomic E-state index is 9.29. The Bertz CT molecular complexity index is 280. The van der Waals surface area contributed by atoms with Crippen LogP contribution in [0.1, 0.15) is 64.2 Å². The highest BCUT2D eigenvalue weighted by Gasteiger charge is 2.34. The Morgan fingerprint density at radius 2 is 1.09 bits per heavy atom. The molecule has 4 aliphatic carbocycles. The molecule has 5 heteroatoms. The van der Waals surface area contributed by atoms with E-state index in [0.717, 1.165) is 36.5 Å². The second-order valence-electron chi connectivity index (χ2n) is 7.54. The topological polar surface area (TPSA) is 29.5 Å². The van der Waals surface area contributed by atoms with E-state index in [2.05, 4.69) is 37.2 Å². The van der Waals surface area contributed by atoms with Gasteiger partial charge >= 0.3 is 0 Å². The Morgan fingerprint density at radius 1 is 0.727 bits per heavy atom. The summed E-state index contributed by atoms with van der Waals surface area (Å²) in [7, 11) is 1.86. The molecule has 0 radical (unpaired) electrons. The van der Waals surface area contributed by atoms with Gasteiger partial charge in [0, 0.05) is 44.3 Å². The van der Waals surface area contributed by atoms with Crippen LogP contribution in [0.25, 0.3) is 0 Å². The zero-order valence-corrected chi connectivity index (χ0v) is 20.2. The molecule has 2 unspecified atom stereocenters. The van der Waals surface area contributed by atoms with Crippen LogP contribution in [0.3, 0.4) is 0 Å². The quantitative estimate of drug-likeness (QED) is 0.346. The largest absolute Gasteiger partial charge is 0.393 e. The molecule has 4 fully saturated rings. The summed E-state index contributed by atoms with van der Waals surface area (Å²) in [5.41, 5.74) is 0. The lowest BCUT2D eigenvalue weighted by Gasteiger charge is -2.26. The molecule has 22 heavy (non-hydrogen) atoms. The highest BCUT2D eigenvalue weighted by atomic mass is 128. The van der Waals surface area contributed by atoms with E-state index in [1.807, 2.05) is 7.11 Å². The van der Waals surface area contributed by atoms with Crippen LogP contribution in [-0.2, 0) is 4.74 Å². The summed E-state index contributed by atoms with van der Waals surface area (Å²) >= 11 is 4.24. The summed E-state index contributed by atoms with van der Waals surface area (Å²) in [6, 6.07) is 0. The van der Waals surface area contributed by atoms with Crippen molar-refractivity contribution in [2.75, 3.05) is 7.11 Å². The van der Waals surface area contributed by atoms with Gasteiger partial charge in [0.25, 0.3) is 0 Å². The Kier molecular flexibility index (Phi) is 11.8. The molecule has 4 rings (SSSR count). The number of aliphatic hydroxyl groups excluding tert-OH is 1. The molecular formula is C17H31I3O2. The first-order chi connectivity index (χ1) is 10.2. The molecule has 0 aromatic rings. The van der Waals surface area contributed by atoms with Gasteiger partial charge in [0.1, 0.15) is 0 Å². The smallest absolute Gasteiger partial charge is 0.0576 e. The zero-order chi connectivity index (χ0) is 15.2. The van der Waals surface area contributed by atoms with Crippen molar-refractivity contribution >= 4 is 61.2 Å². The number of fused-ring (bicyclic) bond motifs is 4. The first kappa shape index (κ1) is 22.2. The molecule has 4 saturated carbocycles. The zero-order valence-electron chi connectivity index (χ0n) is 13.6. The van der Waals surface area contributed by atoms with Crippen molar-refractivity contribution in [2.45, 2.75) is 76.4 Å². The van der Waals surface area contributed by atoms with E-state index >= 15 is 0 Å². The summed E-state index contributed by atoms with van der Waals surface area (Å²) < 4.78 is 5.37. The van der Waals surface area contributed by atoms with Crippen LogP contribution >= 0.6 is 61.2 Å². The van der Waals surface area contributed by atoms with Gasteiger partial charge in [-0.2, -0.15) is 0 Å². The lowest BCUT2D eigenvalue weighted by Crippen LogP contribution is -2.21. The van der Waals surface area contributed by atoms with Crippen LogP contribution in [0.2, 0.25) is 0 Å². The van der Waals surface area contributed by atoms with Gasteiger partial charge in [-0.05, 0) is 62.2 Å². The molecule has 0 spiro atoms. The summed E-state index contributed by atoms with van der Waals surface area (Å²) in [5.74, 6) is 3.81. The second-order valence-corrected chi connectivity index (χ2v) is 7.54. The molecule has 132 valence electrons. The normalized spacial score (nSPS) is 41.5. The Labute approximate surface area is 176 Å². The average Bonchev–Trinajstić information content (AvgIpc) is 3.03. The number of aliphatic hydroxyl groups is 1. The maximum absolute atomic E-state index is 9.29. The van der Waals surface area contributed by atoms with Crippen LogP contribution in [0.4, 0.5) is 0 Å². The van der Waals surface area contributed by atoms with Crippen LogP contribution < -0.4 is 0 Å². The molecule has 1 N–H and O–H groups in total. The van der Waals surface area contributed by atoms with E-state index in [1.165, 1.54) is 51.4 Å². The van der Waals surface area contributed by atoms with Crippen LogP contribution in [0.15, 0.2) is 0 Å². The average molecular weight is 648 g/mol. The monoisotopic (exact) mass is 648 g/mol. The molecule has 0 heterocycles. The van der Waals surface area contributed by atoms with Crippen molar-refractivity contribution in [3.05, 3.63) is 0 Å². The first-order valence-electron chi connectivity index (χ1n) is 8.58. The standard InChI is InChI=1S/C9H16O.C8H14O.I2.HI/c1-10-9-5-7-2-3-8(4-7)6-9;9-8-4-6-1-2-7(3-6)5-8;1-2;/h7-9H,2-6H2,1H3;6-9H,1-5H2;;1H/t7-,8+,9?;6-,7+,8?;;. The summed E-state index contributed by atoms with van der Waals surface area (Å²) in [4.78, 5) is 0. The Balaban J connectivity index is 0.000000191. The molecule has 4 aliphatic rings. The third kappa shape index (κ3) is 6.78. The summed E-state index contributed by atoms with van der Waals surface area (Å²) in [6.45, 7) is 0. The van der Waals surface area contributed by atoms with Crippen LogP contribution in [-0.4, -0.2) is 24.4 Å². The van der Waals surface area contributed by atoms with Gasteiger partial charge in [-0.3, -0.25) is 0 Å². The van der Waals surface area contributed by atoms with E-state index in [-0.39, 0.29) is 30.1 Å². The fourth-order valence-corrected chi connectivity index (χ4v) is 5.11. The number of halogens is 3. The van der Waals surface area contributed by atoms with Crippen molar-refractivity contribution in [2.24, 2.45) is 23.7 Å². The molecule has 0 aromatic heterocycles. The van der Waals surface area contributed by atoms with E-state index in [9.17, 15) is 5.11 Å². The predicted molar refractivity (Wildman–Crippen MR) is 120 cm³/mol. The van der Waals surface area contributed by atoms with E-state index < -0.39 is 0 Å². The molecular weight excluding hydrogens is 617 g/mol. The Hall–Kier alpha value is 2.11. The molecule has 2 nitrogen and oxygen atoms in total. The minimum absolute atomic E-state index is 0. The van der Waals surface area contributed by atoms with Crippen molar-refractivity contribution < 1.29 is 9.84 Å². The fourth-order valence-electron chi connectivity index (χ4n) is 5.11. The van der Waals surface area contributed by atoms with Gasteiger partial charge in [0.15, 0.2) is 0 Å². The first-order valence-corrected chi connectivity index (χ1v) is 14.9. The molecule has 0 aromatic carbocycles. The van der Waals surface area contributed by atoms with E-state index in [4.69, 9.17) is 4.74 Å².